The van der Waals surface area contributed by atoms with Crippen LogP contribution in [0.5, 0.6) is 0 Å². The number of carboxylic acid groups (broad SMARTS) is 1. The van der Waals surface area contributed by atoms with Gasteiger partial charge in [-0.05, 0) is 24.6 Å². The molecule has 1 aromatic carbocycles. The third kappa shape index (κ3) is 3.01. The molecule has 1 N–H and O–H groups in total. The minimum atomic E-state index is -3.75. The minimum absolute atomic E-state index is 0.0166. The second-order valence-electron chi connectivity index (χ2n) is 3.78. The summed E-state index contributed by atoms with van der Waals surface area (Å²) >= 11 is 5.83. The van der Waals surface area contributed by atoms with Crippen LogP contribution in [0.2, 0.25) is 5.02 Å². The predicted molar refractivity (Wildman–Crippen MR) is 68.5 cm³/mol. The van der Waals surface area contributed by atoms with E-state index in [9.17, 15) is 13.2 Å². The molecular weight excluding hydrogens is 278 g/mol. The number of hydrogen-bond acceptors (Lipinski definition) is 3. The van der Waals surface area contributed by atoms with Crippen molar-refractivity contribution in [3.05, 3.63) is 28.8 Å². The topological polar surface area (TPSA) is 74.7 Å². The Hall–Kier alpha value is -1.11. The Morgan fingerprint density at radius 3 is 2.56 bits per heavy atom. The van der Waals surface area contributed by atoms with Crippen LogP contribution in [-0.4, -0.2) is 37.4 Å². The van der Waals surface area contributed by atoms with Crippen molar-refractivity contribution in [2.75, 3.05) is 13.6 Å². The normalized spacial score (nSPS) is 11.8. The largest absolute Gasteiger partial charge is 0.478 e. The Labute approximate surface area is 111 Å². The van der Waals surface area contributed by atoms with E-state index in [0.29, 0.717) is 13.0 Å². The average molecular weight is 292 g/mol. The molecule has 0 fully saturated rings. The average Bonchev–Trinajstić information content (AvgIpc) is 2.29. The zero-order valence-electron chi connectivity index (χ0n) is 10.1. The van der Waals surface area contributed by atoms with Gasteiger partial charge in [0.25, 0.3) is 0 Å². The van der Waals surface area contributed by atoms with E-state index >= 15 is 0 Å². The molecule has 0 aliphatic carbocycles. The van der Waals surface area contributed by atoms with Gasteiger partial charge in [-0.3, -0.25) is 0 Å². The summed E-state index contributed by atoms with van der Waals surface area (Å²) < 4.78 is 25.5. The zero-order valence-corrected chi connectivity index (χ0v) is 11.6. The molecule has 0 spiro atoms. The molecule has 0 radical (unpaired) electrons. The van der Waals surface area contributed by atoms with E-state index < -0.39 is 16.0 Å². The van der Waals surface area contributed by atoms with E-state index in [4.69, 9.17) is 16.7 Å². The van der Waals surface area contributed by atoms with Gasteiger partial charge in [0.15, 0.2) is 0 Å². The number of nitrogens with zero attached hydrogens (tertiary/aromatic N) is 1. The molecule has 0 aliphatic heterocycles. The molecule has 100 valence electrons. The SMILES string of the molecule is CCCN(C)S(=O)(=O)c1cc(C(=O)O)ccc1Cl. The first-order chi connectivity index (χ1) is 8.30. The van der Waals surface area contributed by atoms with E-state index in [1.54, 1.807) is 0 Å². The van der Waals surface area contributed by atoms with Crippen molar-refractivity contribution in [1.82, 2.24) is 4.31 Å². The molecule has 0 saturated carbocycles. The molecule has 0 aliphatic rings. The van der Waals surface area contributed by atoms with Gasteiger partial charge in [0.2, 0.25) is 10.0 Å². The number of benzene rings is 1. The number of carboxylic acids is 1. The predicted octanol–water partition coefficient (Wildman–Crippen LogP) is 2.07. The van der Waals surface area contributed by atoms with Gasteiger partial charge in [0.1, 0.15) is 4.90 Å². The van der Waals surface area contributed by atoms with Gasteiger partial charge in [0.05, 0.1) is 10.6 Å². The highest BCUT2D eigenvalue weighted by molar-refractivity contribution is 7.89. The van der Waals surface area contributed by atoms with Gasteiger partial charge in [-0.15, -0.1) is 0 Å². The van der Waals surface area contributed by atoms with E-state index in [1.807, 2.05) is 6.92 Å². The number of hydrogen-bond donors (Lipinski definition) is 1. The highest BCUT2D eigenvalue weighted by Crippen LogP contribution is 2.25. The van der Waals surface area contributed by atoms with Gasteiger partial charge in [-0.25, -0.2) is 17.5 Å². The number of halogens is 1. The summed E-state index contributed by atoms with van der Waals surface area (Å²) in [6.07, 6.45) is 0.659. The number of aromatic carboxylic acids is 1. The first kappa shape index (κ1) is 14.9. The lowest BCUT2D eigenvalue weighted by Crippen LogP contribution is -2.28. The van der Waals surface area contributed by atoms with Crippen molar-refractivity contribution in [1.29, 1.82) is 0 Å². The molecule has 0 saturated heterocycles. The fourth-order valence-corrected chi connectivity index (χ4v) is 3.20. The van der Waals surface area contributed by atoms with Crippen molar-refractivity contribution in [3.8, 4) is 0 Å². The maximum atomic E-state index is 12.2. The summed E-state index contributed by atoms with van der Waals surface area (Å²) in [5, 5.41) is 8.87. The summed E-state index contributed by atoms with van der Waals surface area (Å²) in [7, 11) is -2.32. The van der Waals surface area contributed by atoms with Crippen LogP contribution in [0.3, 0.4) is 0 Å². The quantitative estimate of drug-likeness (QED) is 0.901. The second kappa shape index (κ2) is 5.69. The molecule has 0 heterocycles. The lowest BCUT2D eigenvalue weighted by molar-refractivity contribution is 0.0696. The van der Waals surface area contributed by atoms with Crippen molar-refractivity contribution < 1.29 is 18.3 Å². The molecule has 0 aromatic heterocycles. The molecule has 7 heteroatoms. The molecule has 1 rings (SSSR count). The van der Waals surface area contributed by atoms with Crippen LogP contribution in [0.4, 0.5) is 0 Å². The Bertz CT molecular complexity index is 556. The molecule has 0 bridgehead atoms. The molecular formula is C11H14ClNO4S. The van der Waals surface area contributed by atoms with Crippen LogP contribution in [-0.2, 0) is 10.0 Å². The Balaban J connectivity index is 3.31. The number of rotatable bonds is 5. The first-order valence-electron chi connectivity index (χ1n) is 5.30. The maximum absolute atomic E-state index is 12.2. The fourth-order valence-electron chi connectivity index (χ4n) is 1.44. The third-order valence-electron chi connectivity index (χ3n) is 2.40. The summed E-state index contributed by atoms with van der Waals surface area (Å²) in [6, 6.07) is 3.62. The van der Waals surface area contributed by atoms with Crippen molar-refractivity contribution in [2.24, 2.45) is 0 Å². The van der Waals surface area contributed by atoms with Crippen molar-refractivity contribution in [2.45, 2.75) is 18.2 Å². The van der Waals surface area contributed by atoms with E-state index in [2.05, 4.69) is 0 Å². The number of sulfonamides is 1. The Morgan fingerprint density at radius 2 is 2.06 bits per heavy atom. The second-order valence-corrected chi connectivity index (χ2v) is 6.20. The van der Waals surface area contributed by atoms with E-state index in [-0.39, 0.29) is 15.5 Å². The summed E-state index contributed by atoms with van der Waals surface area (Å²) in [6.45, 7) is 2.19. The molecule has 0 amide bonds. The van der Waals surface area contributed by atoms with Crippen LogP contribution in [0, 0.1) is 0 Å². The van der Waals surface area contributed by atoms with E-state index in [0.717, 1.165) is 10.4 Å². The maximum Gasteiger partial charge on any atom is 0.335 e. The highest BCUT2D eigenvalue weighted by atomic mass is 35.5. The Morgan fingerprint density at radius 1 is 1.44 bits per heavy atom. The molecule has 18 heavy (non-hydrogen) atoms. The van der Waals surface area contributed by atoms with Gasteiger partial charge in [0, 0.05) is 13.6 Å². The van der Waals surface area contributed by atoms with E-state index in [1.165, 1.54) is 19.2 Å². The van der Waals surface area contributed by atoms with Crippen molar-refractivity contribution in [3.63, 3.8) is 0 Å². The number of carbonyl (C=O) groups is 1. The van der Waals surface area contributed by atoms with Crippen LogP contribution in [0.25, 0.3) is 0 Å². The summed E-state index contributed by atoms with van der Waals surface area (Å²) in [5.41, 5.74) is -0.108. The van der Waals surface area contributed by atoms with Gasteiger partial charge in [-0.1, -0.05) is 18.5 Å². The standard InChI is InChI=1S/C11H14ClNO4S/c1-3-6-13(2)18(16,17)10-7-8(11(14)15)4-5-9(10)12/h4-5,7H,3,6H2,1-2H3,(H,14,15). The monoisotopic (exact) mass is 291 g/mol. The summed E-state index contributed by atoms with van der Waals surface area (Å²) in [5.74, 6) is -1.19. The summed E-state index contributed by atoms with van der Waals surface area (Å²) in [4.78, 5) is 10.7. The smallest absolute Gasteiger partial charge is 0.335 e. The molecule has 5 nitrogen and oxygen atoms in total. The molecule has 0 unspecified atom stereocenters. The van der Waals surface area contributed by atoms with Gasteiger partial charge < -0.3 is 5.11 Å². The zero-order chi connectivity index (χ0) is 13.9. The third-order valence-corrected chi connectivity index (χ3v) is 4.74. The van der Waals surface area contributed by atoms with Crippen LogP contribution >= 0.6 is 11.6 Å². The van der Waals surface area contributed by atoms with Gasteiger partial charge in [-0.2, -0.15) is 0 Å². The lowest BCUT2D eigenvalue weighted by atomic mass is 10.2. The van der Waals surface area contributed by atoms with Crippen LogP contribution in [0.15, 0.2) is 23.1 Å². The Kier molecular flexibility index (Phi) is 4.72. The fraction of sp³-hybridized carbons (Fsp3) is 0.364. The molecule has 0 atom stereocenters. The highest BCUT2D eigenvalue weighted by Gasteiger charge is 2.24. The van der Waals surface area contributed by atoms with Crippen LogP contribution < -0.4 is 0 Å². The first-order valence-corrected chi connectivity index (χ1v) is 7.11. The van der Waals surface area contributed by atoms with Crippen LogP contribution in [0.1, 0.15) is 23.7 Å². The van der Waals surface area contributed by atoms with Crippen molar-refractivity contribution >= 4 is 27.6 Å². The lowest BCUT2D eigenvalue weighted by Gasteiger charge is -2.17. The molecule has 1 aromatic rings. The minimum Gasteiger partial charge on any atom is -0.478 e. The van der Waals surface area contributed by atoms with Gasteiger partial charge >= 0.3 is 5.97 Å².